The minimum atomic E-state index is 0.0621. The molecule has 0 radical (unpaired) electrons. The molecule has 216 valence electrons. The van der Waals surface area contributed by atoms with Gasteiger partial charge in [-0.2, -0.15) is 0 Å². The molecule has 0 spiro atoms. The maximum Gasteiger partial charge on any atom is 0.140 e. The minimum absolute atomic E-state index is 0.0621. The number of hydrogen-bond acceptors (Lipinski definition) is 5. The Labute approximate surface area is 248 Å². The molecule has 0 amide bonds. The van der Waals surface area contributed by atoms with Gasteiger partial charge in [0.05, 0.1) is 26.3 Å². The summed E-state index contributed by atoms with van der Waals surface area (Å²) in [5, 5.41) is 0. The Hall–Kier alpha value is -4.45. The molecule has 2 atom stereocenters. The van der Waals surface area contributed by atoms with Crippen LogP contribution in [0.15, 0.2) is 85.6 Å². The van der Waals surface area contributed by atoms with Crippen molar-refractivity contribution in [3.05, 3.63) is 103 Å². The van der Waals surface area contributed by atoms with E-state index in [0.717, 1.165) is 59.7 Å². The second-order valence-corrected chi connectivity index (χ2v) is 11.1. The highest BCUT2D eigenvalue weighted by atomic mass is 16.5. The van der Waals surface area contributed by atoms with Gasteiger partial charge in [0.25, 0.3) is 0 Å². The summed E-state index contributed by atoms with van der Waals surface area (Å²) in [6, 6.07) is 23.8. The number of Topliss-reactive ketones (excluding diaryl/α,β-unsaturated/α-hetero) is 2. The molecule has 6 heteroatoms. The molecule has 0 bridgehead atoms. The molecule has 0 aliphatic heterocycles. The molecule has 0 N–H and O–H groups in total. The molecule has 1 saturated carbocycles. The Morgan fingerprint density at radius 2 is 1.76 bits per heavy atom. The summed E-state index contributed by atoms with van der Waals surface area (Å²) >= 11 is 0. The van der Waals surface area contributed by atoms with Gasteiger partial charge in [0.15, 0.2) is 0 Å². The van der Waals surface area contributed by atoms with Crippen molar-refractivity contribution < 1.29 is 19.1 Å². The standard InChI is InChI=1S/C36H38N2O4/c1-4-25-10-16-30(17-11-25)38-24-34(28-14-18-32(41-2)19-15-28)37-36(38)23-31(39)20-27-9-13-29(35(40)22-27)12-8-26-6-5-7-33(21-26)42-3/h4-7,10-11,14-19,21,24,27,29H,1,8-9,12-13,20,22-23H2,2-3H3. The summed E-state index contributed by atoms with van der Waals surface area (Å²) in [5.41, 5.74) is 4.88. The highest BCUT2D eigenvalue weighted by Gasteiger charge is 2.30. The van der Waals surface area contributed by atoms with Gasteiger partial charge < -0.3 is 14.0 Å². The number of ketones is 2. The highest BCUT2D eigenvalue weighted by Crippen LogP contribution is 2.32. The van der Waals surface area contributed by atoms with Crippen molar-refractivity contribution in [1.82, 2.24) is 9.55 Å². The third-order valence-electron chi connectivity index (χ3n) is 8.23. The summed E-state index contributed by atoms with van der Waals surface area (Å²) in [4.78, 5) is 31.3. The maximum atomic E-state index is 13.3. The molecule has 1 heterocycles. The van der Waals surface area contributed by atoms with Crippen molar-refractivity contribution in [2.45, 2.75) is 44.9 Å². The molecule has 42 heavy (non-hydrogen) atoms. The fraction of sp³-hybridized carbons (Fsp3) is 0.306. The Bertz CT molecular complexity index is 1540. The number of aryl methyl sites for hydroxylation is 1. The van der Waals surface area contributed by atoms with E-state index < -0.39 is 0 Å². The Morgan fingerprint density at radius 3 is 2.45 bits per heavy atom. The molecule has 6 nitrogen and oxygen atoms in total. The molecule has 1 aliphatic rings. The van der Waals surface area contributed by atoms with Crippen LogP contribution in [0.2, 0.25) is 0 Å². The number of rotatable bonds is 12. The molecule has 3 aromatic carbocycles. The summed E-state index contributed by atoms with van der Waals surface area (Å²) in [6.45, 7) is 3.84. The van der Waals surface area contributed by atoms with Crippen LogP contribution in [0, 0.1) is 11.8 Å². The average molecular weight is 563 g/mol. The van der Waals surface area contributed by atoms with Crippen molar-refractivity contribution in [2.24, 2.45) is 11.8 Å². The van der Waals surface area contributed by atoms with Crippen LogP contribution >= 0.6 is 0 Å². The number of methoxy groups -OCH3 is 2. The first-order chi connectivity index (χ1) is 20.4. The molecular weight excluding hydrogens is 524 g/mol. The van der Waals surface area contributed by atoms with Crippen LogP contribution in [0.3, 0.4) is 0 Å². The average Bonchev–Trinajstić information content (AvgIpc) is 3.44. The smallest absolute Gasteiger partial charge is 0.140 e. The topological polar surface area (TPSA) is 70.4 Å². The monoisotopic (exact) mass is 562 g/mol. The molecule has 4 aromatic rings. The highest BCUT2D eigenvalue weighted by molar-refractivity contribution is 5.85. The predicted octanol–water partition coefficient (Wildman–Crippen LogP) is 7.32. The molecular formula is C36H38N2O4. The number of carbonyl (C=O) groups excluding carboxylic acids is 2. The van der Waals surface area contributed by atoms with Crippen LogP contribution in [-0.4, -0.2) is 35.3 Å². The second-order valence-electron chi connectivity index (χ2n) is 11.1. The third-order valence-corrected chi connectivity index (χ3v) is 8.23. The van der Waals surface area contributed by atoms with Crippen molar-refractivity contribution in [3.8, 4) is 28.4 Å². The largest absolute Gasteiger partial charge is 0.497 e. The molecule has 1 aliphatic carbocycles. The lowest BCUT2D eigenvalue weighted by Crippen LogP contribution is -2.27. The lowest BCUT2D eigenvalue weighted by atomic mass is 9.76. The van der Waals surface area contributed by atoms with E-state index in [1.165, 1.54) is 5.56 Å². The van der Waals surface area contributed by atoms with Crippen molar-refractivity contribution in [2.75, 3.05) is 14.2 Å². The summed E-state index contributed by atoms with van der Waals surface area (Å²) in [7, 11) is 3.31. The van der Waals surface area contributed by atoms with Gasteiger partial charge in [0.1, 0.15) is 28.9 Å². The quantitative estimate of drug-likeness (QED) is 0.181. The van der Waals surface area contributed by atoms with Gasteiger partial charge >= 0.3 is 0 Å². The Balaban J connectivity index is 1.24. The van der Waals surface area contributed by atoms with Crippen molar-refractivity contribution >= 4 is 17.6 Å². The number of hydrogen-bond donors (Lipinski definition) is 0. The van der Waals surface area contributed by atoms with E-state index in [4.69, 9.17) is 14.5 Å². The van der Waals surface area contributed by atoms with Crippen LogP contribution in [0.25, 0.3) is 23.0 Å². The maximum absolute atomic E-state index is 13.3. The third kappa shape index (κ3) is 7.06. The van der Waals surface area contributed by atoms with E-state index in [0.29, 0.717) is 18.7 Å². The van der Waals surface area contributed by atoms with Crippen LogP contribution < -0.4 is 9.47 Å². The number of benzene rings is 3. The SMILES string of the molecule is C=Cc1ccc(-n2cc(-c3ccc(OC)cc3)nc2CC(=O)CC2CCC(CCc3cccc(OC)c3)C(=O)C2)cc1. The lowest BCUT2D eigenvalue weighted by molar-refractivity contribution is -0.127. The van der Waals surface area contributed by atoms with Crippen LogP contribution in [0.1, 0.15) is 49.1 Å². The van der Waals surface area contributed by atoms with Gasteiger partial charge in [-0.25, -0.2) is 4.98 Å². The zero-order valence-electron chi connectivity index (χ0n) is 24.4. The number of nitrogens with zero attached hydrogens (tertiary/aromatic N) is 2. The normalized spacial score (nSPS) is 16.7. The lowest BCUT2D eigenvalue weighted by Gasteiger charge is -2.27. The zero-order valence-corrected chi connectivity index (χ0v) is 24.4. The fourth-order valence-electron chi connectivity index (χ4n) is 5.81. The van der Waals surface area contributed by atoms with Crippen LogP contribution in [-0.2, 0) is 22.4 Å². The molecule has 5 rings (SSSR count). The Morgan fingerprint density at radius 1 is 1.00 bits per heavy atom. The number of carbonyl (C=O) groups is 2. The van der Waals surface area contributed by atoms with E-state index in [1.54, 1.807) is 20.3 Å². The van der Waals surface area contributed by atoms with Crippen molar-refractivity contribution in [3.63, 3.8) is 0 Å². The fourth-order valence-corrected chi connectivity index (χ4v) is 5.81. The first-order valence-electron chi connectivity index (χ1n) is 14.6. The first kappa shape index (κ1) is 29.1. The van der Waals surface area contributed by atoms with E-state index in [9.17, 15) is 9.59 Å². The van der Waals surface area contributed by atoms with Crippen molar-refractivity contribution in [1.29, 1.82) is 0 Å². The van der Waals surface area contributed by atoms with Gasteiger partial charge in [0.2, 0.25) is 0 Å². The van der Waals surface area contributed by atoms with E-state index in [1.807, 2.05) is 77.5 Å². The van der Waals surface area contributed by atoms with E-state index in [2.05, 4.69) is 12.6 Å². The van der Waals surface area contributed by atoms with Crippen LogP contribution in [0.5, 0.6) is 11.5 Å². The van der Waals surface area contributed by atoms with Gasteiger partial charge in [-0.05, 0) is 91.3 Å². The van der Waals surface area contributed by atoms with Gasteiger partial charge in [-0.3, -0.25) is 9.59 Å². The molecule has 1 fully saturated rings. The molecule has 2 unspecified atom stereocenters. The number of aromatic nitrogens is 2. The summed E-state index contributed by atoms with van der Waals surface area (Å²) < 4.78 is 12.6. The summed E-state index contributed by atoms with van der Waals surface area (Å²) in [6.07, 6.45) is 8.29. The van der Waals surface area contributed by atoms with Gasteiger partial charge in [-0.1, -0.05) is 36.9 Å². The summed E-state index contributed by atoms with van der Waals surface area (Å²) in [5.74, 6) is 2.85. The molecule has 1 aromatic heterocycles. The van der Waals surface area contributed by atoms with E-state index in [-0.39, 0.29) is 29.8 Å². The predicted molar refractivity (Wildman–Crippen MR) is 166 cm³/mol. The Kier molecular flexibility index (Phi) is 9.32. The first-order valence-corrected chi connectivity index (χ1v) is 14.6. The van der Waals surface area contributed by atoms with Crippen LogP contribution in [0.4, 0.5) is 0 Å². The molecule has 0 saturated heterocycles. The number of ether oxygens (including phenoxy) is 2. The number of imidazole rings is 1. The van der Waals surface area contributed by atoms with Gasteiger partial charge in [-0.15, -0.1) is 0 Å². The van der Waals surface area contributed by atoms with Gasteiger partial charge in [0, 0.05) is 36.2 Å². The van der Waals surface area contributed by atoms with E-state index >= 15 is 0 Å². The second kappa shape index (κ2) is 13.5. The zero-order chi connectivity index (χ0) is 29.5. The minimum Gasteiger partial charge on any atom is -0.497 e.